The normalized spacial score (nSPS) is 31.7. The Kier molecular flexibility index (Phi) is 21.8. The van der Waals surface area contributed by atoms with Crippen LogP contribution in [0.5, 0.6) is 0 Å². The van der Waals surface area contributed by atoms with E-state index in [4.69, 9.17) is 22.9 Å². The van der Waals surface area contributed by atoms with Crippen molar-refractivity contribution in [2.24, 2.45) is 22.9 Å². The zero-order valence-electron chi connectivity index (χ0n) is 38.9. The van der Waals surface area contributed by atoms with Gasteiger partial charge in [-0.25, -0.2) is 0 Å². The molecular formula is C45H90N10O4. The van der Waals surface area contributed by atoms with Crippen LogP contribution in [0.15, 0.2) is 0 Å². The minimum absolute atomic E-state index is 0.00996. The molecule has 12 N–H and O–H groups in total. The first-order valence-corrected chi connectivity index (χ1v) is 23.3. The molecular weight excluding hydrogens is 745 g/mol. The Balaban J connectivity index is 2.47. The Hall–Kier alpha value is -2.36. The molecule has 4 amide bonds. The summed E-state index contributed by atoms with van der Waals surface area (Å²) >= 11 is 0. The van der Waals surface area contributed by atoms with Crippen LogP contribution >= 0.6 is 0 Å². The van der Waals surface area contributed by atoms with Gasteiger partial charge in [-0.05, 0) is 111 Å². The van der Waals surface area contributed by atoms with E-state index in [2.05, 4.69) is 58.8 Å². The summed E-state index contributed by atoms with van der Waals surface area (Å²) in [7, 11) is 0. The lowest BCUT2D eigenvalue weighted by molar-refractivity contribution is -0.124. The third-order valence-electron chi connectivity index (χ3n) is 13.8. The predicted octanol–water partition coefficient (Wildman–Crippen LogP) is 3.92. The van der Waals surface area contributed by atoms with Crippen LogP contribution in [-0.2, 0) is 19.2 Å². The summed E-state index contributed by atoms with van der Waals surface area (Å²) in [4.78, 5) is 58.4. The van der Waals surface area contributed by atoms with E-state index in [0.29, 0.717) is 104 Å². The first-order valence-electron chi connectivity index (χ1n) is 23.3. The van der Waals surface area contributed by atoms with Crippen molar-refractivity contribution in [3.8, 4) is 0 Å². The fraction of sp³-hybridized carbons (Fsp3) is 0.911. The zero-order valence-corrected chi connectivity index (χ0v) is 38.9. The van der Waals surface area contributed by atoms with Crippen LogP contribution in [0.1, 0.15) is 177 Å². The molecule has 0 spiro atoms. The topological polar surface area (TPSA) is 227 Å². The molecule has 0 saturated carbocycles. The molecule has 0 aromatic rings. The molecule has 344 valence electrons. The molecule has 2 heterocycles. The number of amides is 4. The molecule has 2 rings (SSSR count). The maximum atomic E-state index is 13.4. The minimum Gasteiger partial charge on any atom is -0.356 e. The van der Waals surface area contributed by atoms with E-state index >= 15 is 0 Å². The molecule has 6 atom stereocenters. The van der Waals surface area contributed by atoms with E-state index in [-0.39, 0.29) is 34.7 Å². The van der Waals surface area contributed by atoms with Gasteiger partial charge in [-0.1, -0.05) is 40.5 Å². The summed E-state index contributed by atoms with van der Waals surface area (Å²) in [5.74, 6) is -0.121. The molecule has 14 nitrogen and oxygen atoms in total. The Morgan fingerprint density at radius 3 is 1.17 bits per heavy atom. The summed E-state index contributed by atoms with van der Waals surface area (Å²) in [5, 5.41) is 12.5. The average Bonchev–Trinajstić information content (AvgIpc) is 3.16. The Labute approximate surface area is 359 Å². The van der Waals surface area contributed by atoms with Crippen molar-refractivity contribution < 1.29 is 19.2 Å². The van der Waals surface area contributed by atoms with Crippen molar-refractivity contribution in [1.29, 1.82) is 0 Å². The number of nitrogens with zero attached hydrogens (tertiary/aromatic N) is 2. The van der Waals surface area contributed by atoms with Crippen LogP contribution in [0.2, 0.25) is 0 Å². The second-order valence-electron chi connectivity index (χ2n) is 19.9. The van der Waals surface area contributed by atoms with Gasteiger partial charge in [0.1, 0.15) is 0 Å². The molecule has 6 unspecified atom stereocenters. The molecule has 0 aromatic carbocycles. The highest BCUT2D eigenvalue weighted by atomic mass is 16.2. The summed E-state index contributed by atoms with van der Waals surface area (Å²) in [6.45, 7) is 20.7. The molecule has 2 fully saturated rings. The van der Waals surface area contributed by atoms with Gasteiger partial charge in [0.05, 0.1) is 0 Å². The molecule has 0 aromatic heterocycles. The quantitative estimate of drug-likeness (QED) is 0.150. The molecule has 0 radical (unpaired) electrons. The first-order chi connectivity index (χ1) is 27.6. The molecule has 2 aliphatic rings. The number of nitrogens with one attached hydrogen (secondary N) is 4. The zero-order chi connectivity index (χ0) is 44.4. The fourth-order valence-electron chi connectivity index (χ4n) is 9.37. The molecule has 0 aliphatic carbocycles. The summed E-state index contributed by atoms with van der Waals surface area (Å²) in [6, 6.07) is 0. The minimum atomic E-state index is -0.605. The van der Waals surface area contributed by atoms with Gasteiger partial charge in [-0.3, -0.25) is 29.0 Å². The van der Waals surface area contributed by atoms with Crippen LogP contribution in [0.4, 0.5) is 0 Å². The average molecular weight is 835 g/mol. The lowest BCUT2D eigenvalue weighted by Gasteiger charge is -2.49. The molecule has 2 aliphatic heterocycles. The largest absolute Gasteiger partial charge is 0.356 e. The fourth-order valence-corrected chi connectivity index (χ4v) is 9.37. The van der Waals surface area contributed by atoms with Gasteiger partial charge in [0, 0.05) is 111 Å². The lowest BCUT2D eigenvalue weighted by Crippen LogP contribution is -2.55. The predicted molar refractivity (Wildman–Crippen MR) is 241 cm³/mol. The standard InChI is InChI=1S/C45H90N10O4/c1-9-18-44(11-3,54-30-14-36(56)50-28-26-40(5,46)20-13-21-42(7,48)34-52-38(58)16-32-54)24-25-45(12-4,19-10-2)55-31-15-37(57)51-29-27-41(6,47)22-23-43(8,49)35-53-39(59)17-33-55/h9-35,46-49H2,1-8H3,(H,50,56)(H,51,57)(H,52,58)(H,53,59). The van der Waals surface area contributed by atoms with E-state index in [1.807, 2.05) is 27.7 Å². The van der Waals surface area contributed by atoms with Crippen molar-refractivity contribution in [3.05, 3.63) is 0 Å². The van der Waals surface area contributed by atoms with Crippen molar-refractivity contribution in [2.45, 2.75) is 211 Å². The maximum Gasteiger partial charge on any atom is 0.221 e. The van der Waals surface area contributed by atoms with Crippen LogP contribution in [0.25, 0.3) is 0 Å². The summed E-state index contributed by atoms with van der Waals surface area (Å²) < 4.78 is 0. The number of hydrogen-bond donors (Lipinski definition) is 8. The smallest absolute Gasteiger partial charge is 0.221 e. The monoisotopic (exact) mass is 835 g/mol. The number of nitrogens with two attached hydrogens (primary N) is 4. The first kappa shape index (κ1) is 52.8. The molecule has 14 heteroatoms. The number of carbonyl (C=O) groups excluding carboxylic acids is 4. The molecule has 0 bridgehead atoms. The Morgan fingerprint density at radius 1 is 0.475 bits per heavy atom. The summed E-state index contributed by atoms with van der Waals surface area (Å²) in [6.07, 6.45) is 13.4. The Morgan fingerprint density at radius 2 is 0.797 bits per heavy atom. The van der Waals surface area contributed by atoms with Crippen LogP contribution in [-0.4, -0.2) is 119 Å². The van der Waals surface area contributed by atoms with Gasteiger partial charge < -0.3 is 44.2 Å². The van der Waals surface area contributed by atoms with E-state index < -0.39 is 22.2 Å². The maximum absolute atomic E-state index is 13.4. The van der Waals surface area contributed by atoms with Gasteiger partial charge in [0.15, 0.2) is 0 Å². The van der Waals surface area contributed by atoms with Crippen molar-refractivity contribution in [3.63, 3.8) is 0 Å². The lowest BCUT2D eigenvalue weighted by atomic mass is 9.75. The van der Waals surface area contributed by atoms with Gasteiger partial charge in [0.2, 0.25) is 23.6 Å². The number of carbonyl (C=O) groups is 4. The van der Waals surface area contributed by atoms with E-state index in [0.717, 1.165) is 70.6 Å². The van der Waals surface area contributed by atoms with Crippen molar-refractivity contribution in [1.82, 2.24) is 31.1 Å². The van der Waals surface area contributed by atoms with Gasteiger partial charge in [-0.15, -0.1) is 0 Å². The van der Waals surface area contributed by atoms with E-state index in [1.54, 1.807) is 0 Å². The Bertz CT molecular complexity index is 1310. The molecule has 2 saturated heterocycles. The number of hydrogen-bond acceptors (Lipinski definition) is 10. The molecule has 59 heavy (non-hydrogen) atoms. The van der Waals surface area contributed by atoms with Crippen LogP contribution < -0.4 is 44.2 Å². The van der Waals surface area contributed by atoms with E-state index in [9.17, 15) is 19.2 Å². The second kappa shape index (κ2) is 24.3. The highest BCUT2D eigenvalue weighted by Crippen LogP contribution is 2.39. The summed E-state index contributed by atoms with van der Waals surface area (Å²) in [5.41, 5.74) is 23.9. The SMILES string of the molecule is CCCC(CC)(CCC(CC)(CCC)N1CCC(=O)NCCC(C)(N)CCC(C)(N)CNC(=O)CC1)N1CCC(=O)NCCC(C)(N)CCCC(C)(N)CNC(=O)CC1. The third-order valence-corrected chi connectivity index (χ3v) is 13.8. The number of rotatable bonds is 11. The highest BCUT2D eigenvalue weighted by molar-refractivity contribution is 5.77. The van der Waals surface area contributed by atoms with Gasteiger partial charge in [0.25, 0.3) is 0 Å². The third kappa shape index (κ3) is 19.1. The van der Waals surface area contributed by atoms with Crippen molar-refractivity contribution in [2.75, 3.05) is 52.4 Å². The van der Waals surface area contributed by atoms with Gasteiger partial charge in [-0.2, -0.15) is 0 Å². The van der Waals surface area contributed by atoms with Crippen molar-refractivity contribution >= 4 is 23.6 Å². The van der Waals surface area contributed by atoms with Crippen LogP contribution in [0, 0.1) is 0 Å². The second-order valence-corrected chi connectivity index (χ2v) is 19.9. The van der Waals surface area contributed by atoms with E-state index in [1.165, 1.54) is 0 Å². The van der Waals surface area contributed by atoms with Gasteiger partial charge >= 0.3 is 0 Å². The van der Waals surface area contributed by atoms with Crippen LogP contribution in [0.3, 0.4) is 0 Å². The highest BCUT2D eigenvalue weighted by Gasteiger charge is 2.41.